The van der Waals surface area contributed by atoms with Crippen LogP contribution in [0.4, 0.5) is 11.4 Å². The fraction of sp³-hybridized carbons (Fsp3) is 0.0667. The highest BCUT2D eigenvalue weighted by Gasteiger charge is 2.35. The summed E-state index contributed by atoms with van der Waals surface area (Å²) in [6, 6.07) is 22.5. The normalized spacial score (nSPS) is 12.1. The van der Waals surface area contributed by atoms with E-state index in [2.05, 4.69) is 29.0 Å². The second kappa shape index (κ2) is 12.3. The molecule has 2 aromatic heterocycles. The van der Waals surface area contributed by atoms with Gasteiger partial charge < -0.3 is 19.3 Å². The zero-order chi connectivity index (χ0) is 35.1. The Morgan fingerprint density at radius 3 is 1.29 bits per heavy atom. The van der Waals surface area contributed by atoms with Crippen molar-refractivity contribution < 1.29 is 53.9 Å². The van der Waals surface area contributed by atoms with Crippen LogP contribution in [0.1, 0.15) is 11.1 Å². The van der Waals surface area contributed by atoms with Crippen molar-refractivity contribution in [3.63, 3.8) is 0 Å². The molecule has 0 aliphatic carbocycles. The lowest BCUT2D eigenvalue weighted by Gasteiger charge is -2.07. The molecule has 0 saturated heterocycles. The van der Waals surface area contributed by atoms with Crippen LogP contribution in [0.3, 0.4) is 0 Å². The van der Waals surface area contributed by atoms with Crippen LogP contribution in [-0.4, -0.2) is 35.8 Å². The van der Waals surface area contributed by atoms with Gasteiger partial charge in [-0.2, -0.15) is 16.8 Å². The van der Waals surface area contributed by atoms with Gasteiger partial charge in [-0.05, 0) is 82.9 Å². The number of aromatic nitrogens is 4. The minimum Gasteiger partial charge on any atom is -0.538 e. The Labute approximate surface area is 279 Å². The molecule has 252 valence electrons. The molecule has 0 spiro atoms. The van der Waals surface area contributed by atoms with Gasteiger partial charge in [-0.25, -0.2) is 8.42 Å². The van der Waals surface area contributed by atoms with Crippen LogP contribution < -0.4 is 29.0 Å². The van der Waals surface area contributed by atoms with Crippen LogP contribution in [0.15, 0.2) is 126 Å². The number of hydrogen-bond acceptors (Lipinski definition) is 12. The largest absolute Gasteiger partial charge is 0.538 e. The van der Waals surface area contributed by atoms with Gasteiger partial charge >= 0.3 is 30.1 Å². The van der Waals surface area contributed by atoms with E-state index in [4.69, 9.17) is 0 Å². The first kappa shape index (κ1) is 33.1. The fourth-order valence-electron chi connectivity index (χ4n) is 4.75. The van der Waals surface area contributed by atoms with Crippen LogP contribution >= 0.6 is 0 Å². The van der Waals surface area contributed by atoms with E-state index in [0.717, 1.165) is 20.5 Å². The van der Waals surface area contributed by atoms with Gasteiger partial charge in [0.25, 0.3) is 0 Å². The van der Waals surface area contributed by atoms with Gasteiger partial charge in [-0.3, -0.25) is 9.44 Å². The van der Waals surface area contributed by atoms with Crippen molar-refractivity contribution in [2.75, 3.05) is 9.44 Å². The van der Waals surface area contributed by atoms with E-state index in [0.29, 0.717) is 0 Å². The van der Waals surface area contributed by atoms with Crippen molar-refractivity contribution in [3.8, 4) is 23.3 Å². The Balaban J connectivity index is 1.26. The molecule has 6 rings (SSSR count). The number of benzene rings is 4. The van der Waals surface area contributed by atoms with Gasteiger partial charge in [0, 0.05) is 35.6 Å². The fourth-order valence-corrected chi connectivity index (χ4v) is 8.33. The van der Waals surface area contributed by atoms with E-state index in [1.54, 1.807) is 50.2 Å². The first-order valence-electron chi connectivity index (χ1n) is 14.0. The summed E-state index contributed by atoms with van der Waals surface area (Å²) in [6.07, 6.45) is 0. The van der Waals surface area contributed by atoms with Crippen molar-refractivity contribution in [1.82, 2.24) is 10.5 Å². The predicted molar refractivity (Wildman–Crippen MR) is 164 cm³/mol. The lowest BCUT2D eigenvalue weighted by atomic mass is 10.2. The molecule has 2 heterocycles. The standard InChI is InChI=1S/C30H24N6O10S3/c1-19-5-3-7-21(17-19)31-48(41,42)27-29(37)45-33-35(27)23-9-13-25(14-10-23)47(39,40)26-15-11-24(12-16-26)36-28(30(38)46-34-36)49(43,44)32-22-8-4-6-20(2)18-22/h3-18,31-32H,1-2H3. The molecule has 49 heavy (non-hydrogen) atoms. The Hall–Kier alpha value is -5.79. The lowest BCUT2D eigenvalue weighted by molar-refractivity contribution is -0.706. The highest BCUT2D eigenvalue weighted by Crippen LogP contribution is 2.26. The maximum atomic E-state index is 13.5. The quantitative estimate of drug-likeness (QED) is 0.191. The second-order valence-corrected chi connectivity index (χ2v) is 15.7. The maximum absolute atomic E-state index is 13.5. The topological polar surface area (TPSA) is 232 Å². The molecule has 0 bridgehead atoms. The first-order valence-corrected chi connectivity index (χ1v) is 18.4. The van der Waals surface area contributed by atoms with Crippen LogP contribution in [0.5, 0.6) is 11.9 Å². The van der Waals surface area contributed by atoms with E-state index in [9.17, 15) is 35.5 Å². The summed E-state index contributed by atoms with van der Waals surface area (Å²) in [4.78, 5) is -0.418. The SMILES string of the molecule is Cc1cccc(NS(=O)(=O)c2c([O-])on[n+]2-c2ccc(S(=O)(=O)c3ccc(-[n+]4noc([O-])c4S(=O)(=O)Nc4cccc(C)c4)cc3)cc2)c1. The smallest absolute Gasteiger partial charge is 0.373 e. The number of anilines is 2. The van der Waals surface area contributed by atoms with Crippen LogP contribution in [0.25, 0.3) is 11.4 Å². The molecule has 0 saturated carbocycles. The predicted octanol–water partition coefficient (Wildman–Crippen LogP) is 1.41. The van der Waals surface area contributed by atoms with Gasteiger partial charge in [0.15, 0.2) is 11.9 Å². The van der Waals surface area contributed by atoms with E-state index in [1.807, 2.05) is 0 Å². The molecule has 0 fully saturated rings. The highest BCUT2D eigenvalue weighted by atomic mass is 32.2. The monoisotopic (exact) mass is 724 g/mol. The summed E-state index contributed by atoms with van der Waals surface area (Å²) in [5, 5.41) is 30.2. The summed E-state index contributed by atoms with van der Waals surface area (Å²) >= 11 is 0. The molecular weight excluding hydrogens is 701 g/mol. The zero-order valence-corrected chi connectivity index (χ0v) is 27.8. The van der Waals surface area contributed by atoms with Crippen molar-refractivity contribution >= 4 is 41.3 Å². The number of rotatable bonds is 10. The Kier molecular flexibility index (Phi) is 8.34. The third-order valence-electron chi connectivity index (χ3n) is 6.98. The van der Waals surface area contributed by atoms with E-state index in [1.165, 1.54) is 60.7 Å². The average molecular weight is 725 g/mol. The first-order chi connectivity index (χ1) is 23.2. The zero-order valence-electron chi connectivity index (χ0n) is 25.3. The van der Waals surface area contributed by atoms with E-state index >= 15 is 0 Å². The number of sulfonamides is 2. The Morgan fingerprint density at radius 2 is 0.939 bits per heavy atom. The molecule has 2 N–H and O–H groups in total. The van der Waals surface area contributed by atoms with Gasteiger partial charge in [-0.1, -0.05) is 24.3 Å². The molecule has 0 aliphatic heterocycles. The van der Waals surface area contributed by atoms with Crippen molar-refractivity contribution in [3.05, 3.63) is 108 Å². The van der Waals surface area contributed by atoms with Gasteiger partial charge in [-0.15, -0.1) is 0 Å². The van der Waals surface area contributed by atoms with Gasteiger partial charge in [0.1, 0.15) is 0 Å². The van der Waals surface area contributed by atoms with Crippen LogP contribution in [-0.2, 0) is 29.9 Å². The minimum absolute atomic E-state index is 0.00799. The number of nitrogens with one attached hydrogen (secondary N) is 2. The summed E-state index contributed by atoms with van der Waals surface area (Å²) in [7, 11) is -13.1. The number of nitrogens with zero attached hydrogens (tertiary/aromatic N) is 4. The van der Waals surface area contributed by atoms with E-state index in [-0.39, 0.29) is 32.5 Å². The van der Waals surface area contributed by atoms with Gasteiger partial charge in [0.2, 0.25) is 21.2 Å². The summed E-state index contributed by atoms with van der Waals surface area (Å²) in [5.74, 6) is -2.49. The van der Waals surface area contributed by atoms with Gasteiger partial charge in [0.05, 0.1) is 20.3 Å². The highest BCUT2D eigenvalue weighted by molar-refractivity contribution is 7.93. The van der Waals surface area contributed by atoms with Crippen LogP contribution in [0.2, 0.25) is 0 Å². The van der Waals surface area contributed by atoms with E-state index < -0.39 is 51.8 Å². The molecule has 0 aliphatic rings. The lowest BCUT2D eigenvalue weighted by Crippen LogP contribution is -2.40. The minimum atomic E-state index is -4.48. The summed E-state index contributed by atoms with van der Waals surface area (Å²) < 4.78 is 94.6. The number of aryl methyl sites for hydroxylation is 2. The van der Waals surface area contributed by atoms with Crippen molar-refractivity contribution in [2.45, 2.75) is 33.7 Å². The average Bonchev–Trinajstić information content (AvgIpc) is 3.64. The molecule has 0 unspecified atom stereocenters. The summed E-state index contributed by atoms with van der Waals surface area (Å²) in [6.45, 7) is 3.52. The number of hydrogen-bond donors (Lipinski definition) is 2. The molecule has 19 heteroatoms. The van der Waals surface area contributed by atoms with Crippen molar-refractivity contribution in [2.24, 2.45) is 0 Å². The molecule has 6 aromatic rings. The molecule has 4 aromatic carbocycles. The molecule has 0 radical (unpaired) electrons. The Bertz CT molecular complexity index is 2360. The third-order valence-corrected chi connectivity index (χ3v) is 11.5. The molecule has 0 amide bonds. The summed E-state index contributed by atoms with van der Waals surface area (Å²) in [5.41, 5.74) is 1.95. The maximum Gasteiger partial charge on any atom is 0.373 e. The molecule has 16 nitrogen and oxygen atoms in total. The van der Waals surface area contributed by atoms with Crippen LogP contribution in [0, 0.1) is 13.8 Å². The van der Waals surface area contributed by atoms with Crippen molar-refractivity contribution in [1.29, 1.82) is 0 Å². The number of sulfone groups is 1. The second-order valence-electron chi connectivity index (χ2n) is 10.6. The molecular formula is C30H24N6O10S3. The Morgan fingerprint density at radius 1 is 0.571 bits per heavy atom. The third kappa shape index (κ3) is 6.53. The molecule has 0 atom stereocenters.